The average Bonchev–Trinajstić information content (AvgIpc) is 2.01. The van der Waals surface area contributed by atoms with Crippen LogP contribution in [0.4, 0.5) is 0 Å². The largest absolute Gasteiger partial charge is 0.354 e. The van der Waals surface area contributed by atoms with Crippen LogP contribution in [-0.2, 0) is 11.2 Å². The van der Waals surface area contributed by atoms with Crippen molar-refractivity contribution in [2.75, 3.05) is 0 Å². The molecule has 2 nitrogen and oxygen atoms in total. The number of benzene rings is 1. The van der Waals surface area contributed by atoms with Gasteiger partial charge in [-0.2, -0.15) is 0 Å². The zero-order valence-corrected chi connectivity index (χ0v) is 9.34. The number of hydrogen-bond acceptors (Lipinski definition) is 2. The maximum Gasteiger partial charge on any atom is 0.217 e. The van der Waals surface area contributed by atoms with E-state index in [4.69, 9.17) is 0 Å². The minimum atomic E-state index is 0.0135. The first-order valence-electron chi connectivity index (χ1n) is 4.63. The minimum Gasteiger partial charge on any atom is -0.354 e. The molecule has 1 rings (SSSR count). The van der Waals surface area contributed by atoms with E-state index in [1.54, 1.807) is 0 Å². The molecule has 1 aromatic rings. The van der Waals surface area contributed by atoms with Gasteiger partial charge in [-0.3, -0.25) is 4.79 Å². The molecular weight excluding hydrogens is 194 g/mol. The van der Waals surface area contributed by atoms with Gasteiger partial charge in [0, 0.05) is 17.9 Å². The summed E-state index contributed by atoms with van der Waals surface area (Å²) in [7, 11) is 0. The lowest BCUT2D eigenvalue weighted by Gasteiger charge is -2.12. The molecule has 1 aromatic carbocycles. The SMILES string of the molecule is CC(=O)N[C@@H](C)Cc1cccc(S)c1. The summed E-state index contributed by atoms with van der Waals surface area (Å²) < 4.78 is 0. The minimum absolute atomic E-state index is 0.0135. The fraction of sp³-hybridized carbons (Fsp3) is 0.364. The summed E-state index contributed by atoms with van der Waals surface area (Å²) in [6.07, 6.45) is 0.841. The summed E-state index contributed by atoms with van der Waals surface area (Å²) in [6, 6.07) is 8.13. The highest BCUT2D eigenvalue weighted by Crippen LogP contribution is 2.10. The molecule has 76 valence electrons. The van der Waals surface area contributed by atoms with Crippen LogP contribution in [0, 0.1) is 0 Å². The van der Waals surface area contributed by atoms with Crippen LogP contribution in [-0.4, -0.2) is 11.9 Å². The van der Waals surface area contributed by atoms with Gasteiger partial charge in [-0.25, -0.2) is 0 Å². The molecule has 0 aliphatic rings. The van der Waals surface area contributed by atoms with Crippen LogP contribution in [0.25, 0.3) is 0 Å². The molecule has 14 heavy (non-hydrogen) atoms. The van der Waals surface area contributed by atoms with Crippen LogP contribution >= 0.6 is 12.6 Å². The predicted molar refractivity (Wildman–Crippen MR) is 60.7 cm³/mol. The molecule has 0 unspecified atom stereocenters. The summed E-state index contributed by atoms with van der Waals surface area (Å²) in [5.74, 6) is 0.0135. The first kappa shape index (κ1) is 11.1. The Morgan fingerprint density at radius 2 is 2.29 bits per heavy atom. The molecule has 1 amide bonds. The number of hydrogen-bond donors (Lipinski definition) is 2. The van der Waals surface area contributed by atoms with Crippen LogP contribution in [0.15, 0.2) is 29.2 Å². The van der Waals surface area contributed by atoms with Crippen LogP contribution in [0.3, 0.4) is 0 Å². The van der Waals surface area contributed by atoms with Gasteiger partial charge < -0.3 is 5.32 Å². The van der Waals surface area contributed by atoms with Crippen molar-refractivity contribution >= 4 is 18.5 Å². The fourth-order valence-electron chi connectivity index (χ4n) is 1.44. The first-order valence-corrected chi connectivity index (χ1v) is 5.07. The second-order valence-electron chi connectivity index (χ2n) is 3.48. The van der Waals surface area contributed by atoms with Crippen molar-refractivity contribution in [3.8, 4) is 0 Å². The van der Waals surface area contributed by atoms with E-state index in [0.29, 0.717) is 0 Å². The number of rotatable bonds is 3. The van der Waals surface area contributed by atoms with Gasteiger partial charge in [-0.15, -0.1) is 12.6 Å². The number of carbonyl (C=O) groups is 1. The summed E-state index contributed by atoms with van der Waals surface area (Å²) in [5, 5.41) is 2.85. The lowest BCUT2D eigenvalue weighted by atomic mass is 10.1. The maximum atomic E-state index is 10.8. The molecule has 0 bridgehead atoms. The van der Waals surface area contributed by atoms with Gasteiger partial charge in [0.25, 0.3) is 0 Å². The van der Waals surface area contributed by atoms with Crippen molar-refractivity contribution in [2.24, 2.45) is 0 Å². The Morgan fingerprint density at radius 3 is 2.86 bits per heavy atom. The summed E-state index contributed by atoms with van der Waals surface area (Å²) >= 11 is 4.26. The van der Waals surface area contributed by atoms with E-state index in [-0.39, 0.29) is 11.9 Å². The molecular formula is C11H15NOS. The number of carbonyl (C=O) groups excluding carboxylic acids is 1. The monoisotopic (exact) mass is 209 g/mol. The molecule has 0 aromatic heterocycles. The van der Waals surface area contributed by atoms with Gasteiger partial charge in [-0.05, 0) is 31.0 Å². The molecule has 0 heterocycles. The highest BCUT2D eigenvalue weighted by molar-refractivity contribution is 7.80. The van der Waals surface area contributed by atoms with Crippen molar-refractivity contribution in [1.29, 1.82) is 0 Å². The summed E-state index contributed by atoms with van der Waals surface area (Å²) in [4.78, 5) is 11.7. The van der Waals surface area contributed by atoms with E-state index in [0.717, 1.165) is 11.3 Å². The maximum absolute atomic E-state index is 10.8. The molecule has 0 saturated carbocycles. The lowest BCUT2D eigenvalue weighted by Crippen LogP contribution is -2.31. The topological polar surface area (TPSA) is 29.1 Å². The average molecular weight is 209 g/mol. The zero-order chi connectivity index (χ0) is 10.6. The van der Waals surface area contributed by atoms with E-state index >= 15 is 0 Å². The van der Waals surface area contributed by atoms with Crippen LogP contribution < -0.4 is 5.32 Å². The van der Waals surface area contributed by atoms with Crippen molar-refractivity contribution < 1.29 is 4.79 Å². The smallest absolute Gasteiger partial charge is 0.217 e. The van der Waals surface area contributed by atoms with Crippen LogP contribution in [0.1, 0.15) is 19.4 Å². The summed E-state index contributed by atoms with van der Waals surface area (Å²) in [5.41, 5.74) is 1.19. The lowest BCUT2D eigenvalue weighted by molar-refractivity contribution is -0.119. The molecule has 0 saturated heterocycles. The number of thiol groups is 1. The first-order chi connectivity index (χ1) is 6.58. The highest BCUT2D eigenvalue weighted by Gasteiger charge is 2.04. The third-order valence-corrected chi connectivity index (χ3v) is 2.18. The number of nitrogens with one attached hydrogen (secondary N) is 1. The Morgan fingerprint density at radius 1 is 1.57 bits per heavy atom. The Bertz CT molecular complexity index is 325. The van der Waals surface area contributed by atoms with Crippen molar-refractivity contribution in [3.05, 3.63) is 29.8 Å². The molecule has 0 fully saturated rings. The molecule has 0 aliphatic heterocycles. The van der Waals surface area contributed by atoms with Crippen LogP contribution in [0.2, 0.25) is 0 Å². The predicted octanol–water partition coefficient (Wildman–Crippen LogP) is 2.04. The van der Waals surface area contributed by atoms with Crippen molar-refractivity contribution in [1.82, 2.24) is 5.32 Å². The fourth-order valence-corrected chi connectivity index (χ4v) is 1.69. The normalized spacial score (nSPS) is 12.2. The van der Waals surface area contributed by atoms with Gasteiger partial charge in [0.2, 0.25) is 5.91 Å². The molecule has 0 aliphatic carbocycles. The van der Waals surface area contributed by atoms with E-state index in [1.807, 2.05) is 31.2 Å². The van der Waals surface area contributed by atoms with Crippen LogP contribution in [0.5, 0.6) is 0 Å². The van der Waals surface area contributed by atoms with E-state index in [1.165, 1.54) is 12.5 Å². The standard InChI is InChI=1S/C11H15NOS/c1-8(12-9(2)13)6-10-4-3-5-11(14)7-10/h3-5,7-8,14H,6H2,1-2H3,(H,12,13)/t8-/m0/s1. The van der Waals surface area contributed by atoms with E-state index < -0.39 is 0 Å². The van der Waals surface area contributed by atoms with Gasteiger partial charge in [-0.1, -0.05) is 12.1 Å². The molecule has 3 heteroatoms. The third kappa shape index (κ3) is 3.83. The second-order valence-corrected chi connectivity index (χ2v) is 3.99. The van der Waals surface area contributed by atoms with Gasteiger partial charge in [0.15, 0.2) is 0 Å². The molecule has 1 N–H and O–H groups in total. The van der Waals surface area contributed by atoms with Crippen molar-refractivity contribution in [2.45, 2.75) is 31.2 Å². The Balaban J connectivity index is 2.55. The van der Waals surface area contributed by atoms with E-state index in [2.05, 4.69) is 17.9 Å². The zero-order valence-electron chi connectivity index (χ0n) is 8.45. The van der Waals surface area contributed by atoms with E-state index in [9.17, 15) is 4.79 Å². The highest BCUT2D eigenvalue weighted by atomic mass is 32.1. The Hall–Kier alpha value is -0.960. The van der Waals surface area contributed by atoms with Gasteiger partial charge in [0.05, 0.1) is 0 Å². The Kier molecular flexibility index (Phi) is 4.01. The molecule has 0 spiro atoms. The van der Waals surface area contributed by atoms with Gasteiger partial charge >= 0.3 is 0 Å². The van der Waals surface area contributed by atoms with Gasteiger partial charge in [0.1, 0.15) is 0 Å². The molecule has 0 radical (unpaired) electrons. The quantitative estimate of drug-likeness (QED) is 0.733. The molecule has 1 atom stereocenters. The number of amides is 1. The summed E-state index contributed by atoms with van der Waals surface area (Å²) in [6.45, 7) is 3.53. The Labute approximate surface area is 90.1 Å². The second kappa shape index (κ2) is 5.05. The third-order valence-electron chi connectivity index (χ3n) is 1.90. The van der Waals surface area contributed by atoms with Crippen molar-refractivity contribution in [3.63, 3.8) is 0 Å².